The Morgan fingerprint density at radius 2 is 1.37 bits per heavy atom. The molecule has 5 heteroatoms. The van der Waals surface area contributed by atoms with Gasteiger partial charge in [0, 0.05) is 29.3 Å². The molecule has 1 aromatic rings. The highest BCUT2D eigenvalue weighted by atomic mass is 16.5. The molecular weight excluding hydrogens is 244 g/mol. The normalized spacial score (nSPS) is 14.0. The van der Waals surface area contributed by atoms with E-state index in [4.69, 9.17) is 20.9 Å². The number of benzene rings is 1. The Morgan fingerprint density at radius 3 is 1.63 bits per heavy atom. The fraction of sp³-hybridized carbons (Fsp3) is 0.571. The Bertz CT molecular complexity index is 395. The number of ether oxygens (including phenoxy) is 2. The van der Waals surface area contributed by atoms with Gasteiger partial charge in [-0.25, -0.2) is 0 Å². The number of phenols is 1. The molecule has 0 heterocycles. The van der Waals surface area contributed by atoms with E-state index in [1.807, 2.05) is 13.8 Å². The van der Waals surface area contributed by atoms with Crippen molar-refractivity contribution in [3.63, 3.8) is 0 Å². The summed E-state index contributed by atoms with van der Waals surface area (Å²) in [5.41, 5.74) is 13.0. The molecule has 0 saturated heterocycles. The standard InChI is InChI=1S/C14H24N2O3/c1-8(15)5-10-12(18-3)7-13(19-4)11(14(10)17)6-9(2)16/h7-9,17H,5-6,15-16H2,1-4H3. The van der Waals surface area contributed by atoms with Gasteiger partial charge in [-0.05, 0) is 26.7 Å². The topological polar surface area (TPSA) is 90.7 Å². The minimum atomic E-state index is -0.0728. The first kappa shape index (κ1) is 15.6. The molecule has 0 aliphatic carbocycles. The zero-order valence-electron chi connectivity index (χ0n) is 12.1. The first-order valence-corrected chi connectivity index (χ1v) is 6.37. The highest BCUT2D eigenvalue weighted by Gasteiger charge is 2.20. The van der Waals surface area contributed by atoms with Gasteiger partial charge >= 0.3 is 0 Å². The zero-order chi connectivity index (χ0) is 14.6. The summed E-state index contributed by atoms with van der Waals surface area (Å²) in [5.74, 6) is 1.34. The Kier molecular flexibility index (Phi) is 5.44. The van der Waals surface area contributed by atoms with Crippen LogP contribution in [0.1, 0.15) is 25.0 Å². The van der Waals surface area contributed by atoms with Crippen LogP contribution in [0.4, 0.5) is 0 Å². The second kappa shape index (κ2) is 6.63. The maximum atomic E-state index is 10.4. The van der Waals surface area contributed by atoms with E-state index < -0.39 is 0 Å². The minimum Gasteiger partial charge on any atom is -0.507 e. The van der Waals surface area contributed by atoms with Crippen LogP contribution in [0.2, 0.25) is 0 Å². The number of rotatable bonds is 6. The van der Waals surface area contributed by atoms with Crippen LogP contribution in [0, 0.1) is 0 Å². The van der Waals surface area contributed by atoms with Crippen LogP contribution in [0.3, 0.4) is 0 Å². The van der Waals surface area contributed by atoms with Gasteiger partial charge in [-0.3, -0.25) is 0 Å². The second-order valence-electron chi connectivity index (χ2n) is 4.95. The van der Waals surface area contributed by atoms with Crippen LogP contribution < -0.4 is 20.9 Å². The van der Waals surface area contributed by atoms with Crippen LogP contribution in [-0.4, -0.2) is 31.4 Å². The zero-order valence-corrected chi connectivity index (χ0v) is 12.1. The molecule has 0 fully saturated rings. The highest BCUT2D eigenvalue weighted by Crippen LogP contribution is 2.39. The third-order valence-electron chi connectivity index (χ3n) is 2.92. The molecule has 108 valence electrons. The summed E-state index contributed by atoms with van der Waals surface area (Å²) < 4.78 is 10.6. The Morgan fingerprint density at radius 1 is 1.00 bits per heavy atom. The maximum absolute atomic E-state index is 10.4. The molecule has 19 heavy (non-hydrogen) atoms. The van der Waals surface area contributed by atoms with Gasteiger partial charge in [0.15, 0.2) is 0 Å². The van der Waals surface area contributed by atoms with Gasteiger partial charge in [-0.2, -0.15) is 0 Å². The van der Waals surface area contributed by atoms with E-state index >= 15 is 0 Å². The number of aromatic hydroxyl groups is 1. The predicted octanol–water partition coefficient (Wildman–Crippen LogP) is 1.19. The monoisotopic (exact) mass is 268 g/mol. The lowest BCUT2D eigenvalue weighted by Gasteiger charge is -2.19. The van der Waals surface area contributed by atoms with E-state index in [2.05, 4.69) is 0 Å². The number of methoxy groups -OCH3 is 2. The summed E-state index contributed by atoms with van der Waals surface area (Å²) in [4.78, 5) is 0. The highest BCUT2D eigenvalue weighted by molar-refractivity contribution is 5.57. The van der Waals surface area contributed by atoms with Crippen LogP contribution in [0.5, 0.6) is 17.2 Å². The second-order valence-corrected chi connectivity index (χ2v) is 4.95. The first-order chi connectivity index (χ1) is 8.90. The average molecular weight is 268 g/mol. The lowest BCUT2D eigenvalue weighted by Crippen LogP contribution is -2.20. The third kappa shape index (κ3) is 3.75. The molecule has 1 rings (SSSR count). The molecule has 0 spiro atoms. The molecule has 0 radical (unpaired) electrons. The molecule has 0 amide bonds. The Hall–Kier alpha value is -1.46. The van der Waals surface area contributed by atoms with Crippen molar-refractivity contribution < 1.29 is 14.6 Å². The molecular formula is C14H24N2O3. The molecule has 2 unspecified atom stereocenters. The molecule has 0 aromatic heterocycles. The van der Waals surface area contributed by atoms with E-state index in [0.29, 0.717) is 35.5 Å². The van der Waals surface area contributed by atoms with E-state index in [1.54, 1.807) is 20.3 Å². The van der Waals surface area contributed by atoms with Crippen molar-refractivity contribution in [1.82, 2.24) is 0 Å². The molecule has 5 nitrogen and oxygen atoms in total. The van der Waals surface area contributed by atoms with Crippen molar-refractivity contribution in [3.05, 3.63) is 17.2 Å². The summed E-state index contributed by atoms with van der Waals surface area (Å²) in [7, 11) is 3.12. The van der Waals surface area contributed by atoms with Gasteiger partial charge in [0.05, 0.1) is 14.2 Å². The Labute approximate surface area is 114 Å². The number of hydrogen-bond donors (Lipinski definition) is 3. The van der Waals surface area contributed by atoms with Crippen LogP contribution in [-0.2, 0) is 12.8 Å². The largest absolute Gasteiger partial charge is 0.507 e. The van der Waals surface area contributed by atoms with E-state index in [-0.39, 0.29) is 17.8 Å². The molecule has 5 N–H and O–H groups in total. The lowest BCUT2D eigenvalue weighted by molar-refractivity contribution is 0.371. The van der Waals surface area contributed by atoms with Crippen LogP contribution in [0.15, 0.2) is 6.07 Å². The average Bonchev–Trinajstić information content (AvgIpc) is 2.33. The number of nitrogens with two attached hydrogens (primary N) is 2. The van der Waals surface area contributed by atoms with E-state index in [1.165, 1.54) is 0 Å². The molecule has 0 aliphatic rings. The number of hydrogen-bond acceptors (Lipinski definition) is 5. The van der Waals surface area contributed by atoms with Gasteiger partial charge < -0.3 is 26.0 Å². The van der Waals surface area contributed by atoms with Gasteiger partial charge in [-0.1, -0.05) is 0 Å². The van der Waals surface area contributed by atoms with Gasteiger partial charge in [0.2, 0.25) is 0 Å². The SMILES string of the molecule is COc1cc(OC)c(CC(C)N)c(O)c1CC(C)N. The van der Waals surface area contributed by atoms with Crippen LogP contribution >= 0.6 is 0 Å². The smallest absolute Gasteiger partial charge is 0.129 e. The fourth-order valence-corrected chi connectivity index (χ4v) is 2.11. The molecule has 0 bridgehead atoms. The minimum absolute atomic E-state index is 0.0728. The molecule has 0 saturated carbocycles. The predicted molar refractivity (Wildman–Crippen MR) is 75.9 cm³/mol. The summed E-state index contributed by atoms with van der Waals surface area (Å²) >= 11 is 0. The number of phenolic OH excluding ortho intramolecular Hbond substituents is 1. The summed E-state index contributed by atoms with van der Waals surface area (Å²) in [6.07, 6.45) is 1.07. The van der Waals surface area contributed by atoms with Gasteiger partial charge in [0.25, 0.3) is 0 Å². The first-order valence-electron chi connectivity index (χ1n) is 6.37. The van der Waals surface area contributed by atoms with Gasteiger partial charge in [-0.15, -0.1) is 0 Å². The van der Waals surface area contributed by atoms with E-state index in [9.17, 15) is 5.11 Å². The summed E-state index contributed by atoms with van der Waals surface area (Å²) in [6.45, 7) is 3.77. The van der Waals surface area contributed by atoms with Crippen molar-refractivity contribution in [1.29, 1.82) is 0 Å². The fourth-order valence-electron chi connectivity index (χ4n) is 2.11. The maximum Gasteiger partial charge on any atom is 0.129 e. The van der Waals surface area contributed by atoms with Crippen molar-refractivity contribution in [3.8, 4) is 17.2 Å². The van der Waals surface area contributed by atoms with Crippen LogP contribution in [0.25, 0.3) is 0 Å². The lowest BCUT2D eigenvalue weighted by atomic mass is 9.97. The van der Waals surface area contributed by atoms with Gasteiger partial charge in [0.1, 0.15) is 17.2 Å². The summed E-state index contributed by atoms with van der Waals surface area (Å²) in [6, 6.07) is 1.63. The van der Waals surface area contributed by atoms with E-state index in [0.717, 1.165) is 0 Å². The quantitative estimate of drug-likeness (QED) is 0.721. The van der Waals surface area contributed by atoms with Crippen molar-refractivity contribution in [2.75, 3.05) is 14.2 Å². The third-order valence-corrected chi connectivity index (χ3v) is 2.92. The summed E-state index contributed by atoms with van der Waals surface area (Å²) in [5, 5.41) is 10.4. The van der Waals surface area contributed by atoms with Crippen molar-refractivity contribution in [2.45, 2.75) is 38.8 Å². The Balaban J connectivity index is 3.36. The van der Waals surface area contributed by atoms with Crippen molar-refractivity contribution in [2.24, 2.45) is 11.5 Å². The molecule has 0 aliphatic heterocycles. The molecule has 2 atom stereocenters. The molecule has 1 aromatic carbocycles. The van der Waals surface area contributed by atoms with Crippen molar-refractivity contribution >= 4 is 0 Å².